The number of carbonyl (C=O) groups excluding carboxylic acids is 1. The van der Waals surface area contributed by atoms with E-state index in [9.17, 15) is 14.9 Å². The van der Waals surface area contributed by atoms with E-state index in [0.29, 0.717) is 45.2 Å². The largest absolute Gasteiger partial charge is 0.497 e. The zero-order valence-corrected chi connectivity index (χ0v) is 21.4. The fraction of sp³-hybridized carbons (Fsp3) is 0.200. The van der Waals surface area contributed by atoms with Gasteiger partial charge in [-0.15, -0.1) is 0 Å². The summed E-state index contributed by atoms with van der Waals surface area (Å²) in [6, 6.07) is 14.4. The first-order valence-electron chi connectivity index (χ1n) is 10.7. The minimum atomic E-state index is -0.454. The topological polar surface area (TPSA) is 122 Å². The molecule has 36 heavy (non-hydrogen) atoms. The van der Waals surface area contributed by atoms with Crippen LogP contribution in [0.3, 0.4) is 0 Å². The van der Waals surface area contributed by atoms with Crippen molar-refractivity contribution in [3.63, 3.8) is 0 Å². The Labute approximate surface area is 216 Å². The van der Waals surface area contributed by atoms with Gasteiger partial charge in [0.25, 0.3) is 11.6 Å². The van der Waals surface area contributed by atoms with E-state index in [-0.39, 0.29) is 12.3 Å². The maximum absolute atomic E-state index is 12.5. The number of ether oxygens (including phenoxy) is 4. The van der Waals surface area contributed by atoms with Gasteiger partial charge in [0.05, 0.1) is 36.4 Å². The molecular formula is C25H24BrN3O7. The second-order valence-corrected chi connectivity index (χ2v) is 8.13. The molecule has 0 aliphatic heterocycles. The normalized spacial score (nSPS) is 10.7. The molecule has 1 N–H and O–H groups in total. The third-order valence-electron chi connectivity index (χ3n) is 4.86. The van der Waals surface area contributed by atoms with Gasteiger partial charge in [-0.1, -0.05) is 0 Å². The van der Waals surface area contributed by atoms with Crippen molar-refractivity contribution < 1.29 is 28.7 Å². The molecule has 0 saturated heterocycles. The number of carbonyl (C=O) groups is 1. The maximum Gasteiger partial charge on any atom is 0.271 e. The van der Waals surface area contributed by atoms with Crippen LogP contribution < -0.4 is 24.4 Å². The van der Waals surface area contributed by atoms with Crippen molar-refractivity contribution in [3.05, 3.63) is 85.9 Å². The number of amides is 1. The molecule has 3 aromatic rings. The van der Waals surface area contributed by atoms with E-state index in [2.05, 4.69) is 26.5 Å². The van der Waals surface area contributed by atoms with Gasteiger partial charge < -0.3 is 18.9 Å². The third kappa shape index (κ3) is 6.95. The van der Waals surface area contributed by atoms with Crippen LogP contribution in [0.5, 0.6) is 23.0 Å². The van der Waals surface area contributed by atoms with Crippen LogP contribution in [0.15, 0.2) is 64.2 Å². The Bertz CT molecular complexity index is 1240. The van der Waals surface area contributed by atoms with Gasteiger partial charge in [0.2, 0.25) is 0 Å². The Morgan fingerprint density at radius 2 is 1.72 bits per heavy atom. The van der Waals surface area contributed by atoms with Gasteiger partial charge in [-0.05, 0) is 70.4 Å². The number of hydrazone groups is 1. The highest BCUT2D eigenvalue weighted by molar-refractivity contribution is 9.10. The van der Waals surface area contributed by atoms with Gasteiger partial charge in [-0.2, -0.15) is 5.10 Å². The lowest BCUT2D eigenvalue weighted by molar-refractivity contribution is -0.384. The van der Waals surface area contributed by atoms with Crippen molar-refractivity contribution in [1.29, 1.82) is 0 Å². The van der Waals surface area contributed by atoms with Crippen LogP contribution in [0.4, 0.5) is 5.69 Å². The number of nitrogens with one attached hydrogen (secondary N) is 1. The molecule has 0 aliphatic rings. The van der Waals surface area contributed by atoms with E-state index in [4.69, 9.17) is 18.9 Å². The fourth-order valence-corrected chi connectivity index (χ4v) is 3.68. The molecule has 0 saturated carbocycles. The number of benzene rings is 3. The van der Waals surface area contributed by atoms with E-state index >= 15 is 0 Å². The number of rotatable bonds is 11. The number of non-ortho nitro benzene ring substituents is 1. The van der Waals surface area contributed by atoms with Crippen molar-refractivity contribution in [1.82, 2.24) is 5.43 Å². The van der Waals surface area contributed by atoms with E-state index in [1.54, 1.807) is 42.5 Å². The summed E-state index contributed by atoms with van der Waals surface area (Å²) >= 11 is 3.49. The van der Waals surface area contributed by atoms with Gasteiger partial charge in [-0.25, -0.2) is 5.43 Å². The average Bonchev–Trinajstić information content (AvgIpc) is 2.88. The summed E-state index contributed by atoms with van der Waals surface area (Å²) in [4.78, 5) is 22.9. The standard InChI is InChI=1S/C25H24BrN3O7/c1-4-35-23-10-17(14-27-28-25(30)18-11-20(33-2)13-21(12-18)34-3)9-22(26)24(23)36-15-16-5-7-19(8-6-16)29(31)32/h5-14H,4,15H2,1-3H3,(H,28,30)/b27-14-. The molecule has 0 unspecified atom stereocenters. The molecule has 0 bridgehead atoms. The highest BCUT2D eigenvalue weighted by atomic mass is 79.9. The summed E-state index contributed by atoms with van der Waals surface area (Å²) in [5.74, 6) is 1.48. The Balaban J connectivity index is 1.72. The zero-order valence-electron chi connectivity index (χ0n) is 19.8. The molecule has 0 aliphatic carbocycles. The van der Waals surface area contributed by atoms with Crippen molar-refractivity contribution in [2.24, 2.45) is 5.10 Å². The summed E-state index contributed by atoms with van der Waals surface area (Å²) in [6.07, 6.45) is 1.47. The number of hydrogen-bond acceptors (Lipinski definition) is 8. The van der Waals surface area contributed by atoms with Crippen molar-refractivity contribution >= 4 is 33.7 Å². The van der Waals surface area contributed by atoms with Crippen LogP contribution in [0.2, 0.25) is 0 Å². The summed E-state index contributed by atoms with van der Waals surface area (Å²) in [7, 11) is 3.00. The van der Waals surface area contributed by atoms with Gasteiger partial charge in [-0.3, -0.25) is 14.9 Å². The first kappa shape index (κ1) is 26.5. The first-order chi connectivity index (χ1) is 17.3. The van der Waals surface area contributed by atoms with Gasteiger partial charge in [0.15, 0.2) is 11.5 Å². The molecule has 11 heteroatoms. The second kappa shape index (κ2) is 12.5. The smallest absolute Gasteiger partial charge is 0.271 e. The van der Waals surface area contributed by atoms with Crippen LogP contribution in [0.1, 0.15) is 28.4 Å². The summed E-state index contributed by atoms with van der Waals surface area (Å²) < 4.78 is 22.6. The molecule has 3 rings (SSSR count). The summed E-state index contributed by atoms with van der Waals surface area (Å²) in [6.45, 7) is 2.43. The SMILES string of the molecule is CCOc1cc(/C=N\NC(=O)c2cc(OC)cc(OC)c2)cc(Br)c1OCc1ccc([N+](=O)[O-])cc1. The van der Waals surface area contributed by atoms with E-state index < -0.39 is 10.8 Å². The Kier molecular flexibility index (Phi) is 9.23. The fourth-order valence-electron chi connectivity index (χ4n) is 3.10. The Hall–Kier alpha value is -4.12. The first-order valence-corrected chi connectivity index (χ1v) is 11.5. The molecule has 0 spiro atoms. The van der Waals surface area contributed by atoms with Crippen molar-refractivity contribution in [3.8, 4) is 23.0 Å². The Morgan fingerprint density at radius 3 is 2.31 bits per heavy atom. The molecule has 188 valence electrons. The molecule has 1 amide bonds. The molecule has 0 heterocycles. The average molecular weight is 558 g/mol. The minimum absolute atomic E-state index is 0.0104. The number of nitro benzene ring substituents is 1. The van der Waals surface area contributed by atoms with Crippen LogP contribution in [-0.4, -0.2) is 37.9 Å². The maximum atomic E-state index is 12.5. The highest BCUT2D eigenvalue weighted by Gasteiger charge is 2.14. The molecule has 0 radical (unpaired) electrons. The summed E-state index contributed by atoms with van der Waals surface area (Å²) in [5.41, 5.74) is 4.23. The number of hydrogen-bond donors (Lipinski definition) is 1. The van der Waals surface area contributed by atoms with Crippen molar-refractivity contribution in [2.75, 3.05) is 20.8 Å². The Morgan fingerprint density at radius 1 is 1.06 bits per heavy atom. The molecular weight excluding hydrogens is 534 g/mol. The monoisotopic (exact) mass is 557 g/mol. The van der Waals surface area contributed by atoms with E-state index in [1.807, 2.05) is 6.92 Å². The van der Waals surface area contributed by atoms with E-state index in [1.165, 1.54) is 32.6 Å². The second-order valence-electron chi connectivity index (χ2n) is 7.28. The minimum Gasteiger partial charge on any atom is -0.497 e. The number of nitro groups is 1. The number of methoxy groups -OCH3 is 2. The lowest BCUT2D eigenvalue weighted by Crippen LogP contribution is -2.17. The van der Waals surface area contributed by atoms with Gasteiger partial charge >= 0.3 is 0 Å². The summed E-state index contributed by atoms with van der Waals surface area (Å²) in [5, 5.41) is 14.9. The molecule has 0 fully saturated rings. The van der Waals surface area contributed by atoms with Gasteiger partial charge in [0, 0.05) is 23.8 Å². The van der Waals surface area contributed by atoms with Crippen LogP contribution in [-0.2, 0) is 6.61 Å². The molecule has 0 atom stereocenters. The zero-order chi connectivity index (χ0) is 26.1. The molecule has 0 aromatic heterocycles. The highest BCUT2D eigenvalue weighted by Crippen LogP contribution is 2.37. The van der Waals surface area contributed by atoms with Crippen LogP contribution >= 0.6 is 15.9 Å². The van der Waals surface area contributed by atoms with Crippen LogP contribution in [0.25, 0.3) is 0 Å². The third-order valence-corrected chi connectivity index (χ3v) is 5.44. The van der Waals surface area contributed by atoms with E-state index in [0.717, 1.165) is 5.56 Å². The lowest BCUT2D eigenvalue weighted by Gasteiger charge is -2.14. The predicted octanol–water partition coefficient (Wildman–Crippen LogP) is 5.12. The number of halogens is 1. The quantitative estimate of drug-likeness (QED) is 0.197. The lowest BCUT2D eigenvalue weighted by atomic mass is 10.2. The predicted molar refractivity (Wildman–Crippen MR) is 137 cm³/mol. The van der Waals surface area contributed by atoms with Gasteiger partial charge in [0.1, 0.15) is 18.1 Å². The van der Waals surface area contributed by atoms with Crippen molar-refractivity contribution in [2.45, 2.75) is 13.5 Å². The van der Waals surface area contributed by atoms with Crippen LogP contribution in [0, 0.1) is 10.1 Å². The molecule has 3 aromatic carbocycles. The number of nitrogens with zero attached hydrogens (tertiary/aromatic N) is 2. The molecule has 10 nitrogen and oxygen atoms in total.